The second-order valence-corrected chi connectivity index (χ2v) is 8.51. The predicted octanol–water partition coefficient (Wildman–Crippen LogP) is 3.62. The van der Waals surface area contributed by atoms with Gasteiger partial charge in [-0.25, -0.2) is 0 Å². The van der Waals surface area contributed by atoms with E-state index in [1.54, 1.807) is 0 Å². The lowest BCUT2D eigenvalue weighted by Gasteiger charge is -2.47. The average molecular weight is 448 g/mol. The highest BCUT2D eigenvalue weighted by Crippen LogP contribution is 2.34. The molecule has 2 saturated heterocycles. The van der Waals surface area contributed by atoms with Crippen LogP contribution in [-0.4, -0.2) is 54.9 Å². The summed E-state index contributed by atoms with van der Waals surface area (Å²) in [6.45, 7) is 5.95. The molecular formula is C25H37NO6. The minimum Gasteiger partial charge on any atom is -0.388 e. The fourth-order valence-electron chi connectivity index (χ4n) is 4.20. The third-order valence-electron chi connectivity index (χ3n) is 5.89. The van der Waals surface area contributed by atoms with Crippen molar-refractivity contribution in [2.75, 3.05) is 13.2 Å². The van der Waals surface area contributed by atoms with Crippen molar-refractivity contribution in [3.63, 3.8) is 0 Å². The molecule has 2 aliphatic heterocycles. The Bertz CT molecular complexity index is 699. The maximum Gasteiger partial charge on any atom is 0.217 e. The molecule has 1 aromatic rings. The van der Waals surface area contributed by atoms with Gasteiger partial charge in [-0.3, -0.25) is 4.79 Å². The maximum absolute atomic E-state index is 11.8. The molecule has 6 atom stereocenters. The fourth-order valence-corrected chi connectivity index (χ4v) is 4.20. The molecule has 2 fully saturated rings. The summed E-state index contributed by atoms with van der Waals surface area (Å²) in [4.78, 5) is 11.8. The number of ether oxygens (including phenoxy) is 4. The Kier molecular flexibility index (Phi) is 10.1. The Hall–Kier alpha value is -1.77. The van der Waals surface area contributed by atoms with Gasteiger partial charge < -0.3 is 29.4 Å². The predicted molar refractivity (Wildman–Crippen MR) is 121 cm³/mol. The van der Waals surface area contributed by atoms with Gasteiger partial charge in [-0.05, 0) is 19.3 Å². The number of aliphatic hydroxyl groups excluding tert-OH is 1. The van der Waals surface area contributed by atoms with Crippen LogP contribution in [0.3, 0.4) is 0 Å². The molecule has 3 rings (SSSR count). The Morgan fingerprint density at radius 1 is 1.16 bits per heavy atom. The van der Waals surface area contributed by atoms with Gasteiger partial charge in [-0.2, -0.15) is 0 Å². The molecule has 2 N–H and O–H groups in total. The van der Waals surface area contributed by atoms with Crippen LogP contribution in [0.1, 0.15) is 63.7 Å². The van der Waals surface area contributed by atoms with Crippen molar-refractivity contribution in [2.45, 2.75) is 88.8 Å². The first kappa shape index (κ1) is 24.9. The molecule has 0 aliphatic carbocycles. The largest absolute Gasteiger partial charge is 0.388 e. The van der Waals surface area contributed by atoms with E-state index in [0.29, 0.717) is 6.61 Å². The summed E-state index contributed by atoms with van der Waals surface area (Å²) >= 11 is 0. The molecule has 1 amide bonds. The quantitative estimate of drug-likeness (QED) is 0.376. The molecule has 0 saturated carbocycles. The smallest absolute Gasteiger partial charge is 0.217 e. The summed E-state index contributed by atoms with van der Waals surface area (Å²) in [5, 5.41) is 13.8. The van der Waals surface area contributed by atoms with Gasteiger partial charge in [0.2, 0.25) is 5.91 Å². The number of unbranched alkanes of at least 4 members (excludes halogenated alkanes) is 6. The lowest BCUT2D eigenvalue weighted by atomic mass is 9.95. The standard InChI is InChI=1S/C25H37NO6/c1-3-4-5-6-7-8-9-13-16-29-25-21(26-18(2)27)22(28)23-20(31-25)17-30-24(32-23)19-14-11-10-12-15-19/h3,10-12,14-15,20-25,28H,1,4-9,13,16-17H2,2H3,(H,26,27)/t20-,21-,22-,23+,24?,25-/m1/s1. The van der Waals surface area contributed by atoms with E-state index in [-0.39, 0.29) is 12.5 Å². The summed E-state index contributed by atoms with van der Waals surface area (Å²) < 4.78 is 23.9. The van der Waals surface area contributed by atoms with Gasteiger partial charge >= 0.3 is 0 Å². The van der Waals surface area contributed by atoms with Gasteiger partial charge in [0.25, 0.3) is 0 Å². The molecule has 7 heteroatoms. The topological polar surface area (TPSA) is 86.2 Å². The number of benzene rings is 1. The second kappa shape index (κ2) is 13.1. The molecular weight excluding hydrogens is 410 g/mol. The van der Waals surface area contributed by atoms with Crippen LogP contribution in [0, 0.1) is 0 Å². The highest BCUT2D eigenvalue weighted by molar-refractivity contribution is 5.73. The summed E-state index contributed by atoms with van der Waals surface area (Å²) in [7, 11) is 0. The van der Waals surface area contributed by atoms with Crippen LogP contribution in [0.4, 0.5) is 0 Å². The van der Waals surface area contributed by atoms with Crippen LogP contribution in [-0.2, 0) is 23.7 Å². The average Bonchev–Trinajstić information content (AvgIpc) is 2.80. The zero-order valence-electron chi connectivity index (χ0n) is 19.0. The van der Waals surface area contributed by atoms with Crippen molar-refractivity contribution in [1.29, 1.82) is 0 Å². The second-order valence-electron chi connectivity index (χ2n) is 8.51. The highest BCUT2D eigenvalue weighted by atomic mass is 16.7. The number of hydrogen-bond acceptors (Lipinski definition) is 6. The molecule has 2 heterocycles. The number of carbonyl (C=O) groups is 1. The number of carbonyl (C=O) groups excluding carboxylic acids is 1. The molecule has 0 aromatic heterocycles. The van der Waals surface area contributed by atoms with Gasteiger partial charge in [-0.15, -0.1) is 6.58 Å². The van der Waals surface area contributed by atoms with E-state index in [1.165, 1.54) is 26.2 Å². The van der Waals surface area contributed by atoms with Gasteiger partial charge in [-0.1, -0.05) is 62.1 Å². The molecule has 0 spiro atoms. The SMILES string of the molecule is C=CCCCCCCCCO[C@@H]1O[C@@H]2COC(c3ccccc3)O[C@@H]2[C@H](O)[C@H]1NC(C)=O. The van der Waals surface area contributed by atoms with Crippen LogP contribution in [0.15, 0.2) is 43.0 Å². The normalized spacial score (nSPS) is 29.8. The van der Waals surface area contributed by atoms with Crippen LogP contribution >= 0.6 is 0 Å². The maximum atomic E-state index is 11.8. The highest BCUT2D eigenvalue weighted by Gasteiger charge is 2.50. The molecule has 7 nitrogen and oxygen atoms in total. The lowest BCUT2D eigenvalue weighted by molar-refractivity contribution is -0.344. The lowest BCUT2D eigenvalue weighted by Crippen LogP contribution is -2.66. The van der Waals surface area contributed by atoms with E-state index in [0.717, 1.165) is 31.2 Å². The number of fused-ring (bicyclic) bond motifs is 1. The van der Waals surface area contributed by atoms with E-state index in [2.05, 4.69) is 11.9 Å². The third-order valence-corrected chi connectivity index (χ3v) is 5.89. The summed E-state index contributed by atoms with van der Waals surface area (Å²) in [6.07, 6.45) is 6.43. The first-order valence-corrected chi connectivity index (χ1v) is 11.7. The molecule has 0 radical (unpaired) electrons. The number of rotatable bonds is 12. The summed E-state index contributed by atoms with van der Waals surface area (Å²) in [5.41, 5.74) is 0.872. The fraction of sp³-hybridized carbons (Fsp3) is 0.640. The Morgan fingerprint density at radius 2 is 1.88 bits per heavy atom. The monoisotopic (exact) mass is 447 g/mol. The van der Waals surface area contributed by atoms with Gasteiger partial charge in [0.05, 0.1) is 6.61 Å². The van der Waals surface area contributed by atoms with Crippen molar-refractivity contribution in [3.8, 4) is 0 Å². The third kappa shape index (κ3) is 7.12. The van der Waals surface area contributed by atoms with Gasteiger partial charge in [0.15, 0.2) is 12.6 Å². The van der Waals surface area contributed by atoms with Crippen LogP contribution in [0.2, 0.25) is 0 Å². The molecule has 32 heavy (non-hydrogen) atoms. The Morgan fingerprint density at radius 3 is 2.59 bits per heavy atom. The summed E-state index contributed by atoms with van der Waals surface area (Å²) in [6, 6.07) is 8.86. The molecule has 0 bridgehead atoms. The minimum absolute atomic E-state index is 0.254. The van der Waals surface area contributed by atoms with Crippen molar-refractivity contribution >= 4 is 5.91 Å². The Labute approximate surface area is 191 Å². The number of aliphatic hydroxyl groups is 1. The van der Waals surface area contributed by atoms with Gasteiger partial charge in [0.1, 0.15) is 24.4 Å². The molecule has 178 valence electrons. The van der Waals surface area contributed by atoms with Crippen LogP contribution in [0.5, 0.6) is 0 Å². The number of allylic oxidation sites excluding steroid dienone is 1. The van der Waals surface area contributed by atoms with Crippen LogP contribution in [0.25, 0.3) is 0 Å². The number of nitrogens with one attached hydrogen (secondary N) is 1. The number of hydrogen-bond donors (Lipinski definition) is 2. The van der Waals surface area contributed by atoms with Crippen molar-refractivity contribution in [2.24, 2.45) is 0 Å². The van der Waals surface area contributed by atoms with E-state index >= 15 is 0 Å². The molecule has 2 aliphatic rings. The van der Waals surface area contributed by atoms with Gasteiger partial charge in [0, 0.05) is 19.1 Å². The van der Waals surface area contributed by atoms with E-state index in [1.807, 2.05) is 36.4 Å². The zero-order valence-corrected chi connectivity index (χ0v) is 19.0. The first-order valence-electron chi connectivity index (χ1n) is 11.7. The van der Waals surface area contributed by atoms with E-state index < -0.39 is 36.9 Å². The zero-order chi connectivity index (χ0) is 22.8. The van der Waals surface area contributed by atoms with Crippen molar-refractivity contribution < 1.29 is 28.8 Å². The Balaban J connectivity index is 1.50. The van der Waals surface area contributed by atoms with Crippen LogP contribution < -0.4 is 5.32 Å². The molecule has 1 aromatic carbocycles. The van der Waals surface area contributed by atoms with Crippen molar-refractivity contribution in [3.05, 3.63) is 48.6 Å². The molecule has 1 unspecified atom stereocenters. The number of amides is 1. The minimum atomic E-state index is -0.970. The van der Waals surface area contributed by atoms with E-state index in [4.69, 9.17) is 18.9 Å². The summed E-state index contributed by atoms with van der Waals surface area (Å²) in [5.74, 6) is -0.254. The van der Waals surface area contributed by atoms with E-state index in [9.17, 15) is 9.90 Å². The first-order chi connectivity index (χ1) is 15.6. The van der Waals surface area contributed by atoms with Crippen molar-refractivity contribution in [1.82, 2.24) is 5.32 Å².